The summed E-state index contributed by atoms with van der Waals surface area (Å²) in [6.45, 7) is 4.59. The number of likely N-dealkylation sites (N-methyl/N-ethyl adjacent to an activating group) is 1. The van der Waals surface area contributed by atoms with Crippen LogP contribution in [0.4, 0.5) is 0 Å². The number of carbonyl (C=O) groups is 2. The molecule has 0 saturated carbocycles. The highest BCUT2D eigenvalue weighted by Gasteiger charge is 2.32. The predicted molar refractivity (Wildman–Crippen MR) is 116 cm³/mol. The standard InChI is InChI=1S/C24H24N4O2/c1-17-20-12-6-7-13-21(20)24(30)28(17)16-23(29)27(2)14-8-11-19-15-22(26-25-19)18-9-4-3-5-10-18/h3-7,9-10,12-13,15H,1,8,11,14,16H2,2H3,(H,25,26). The highest BCUT2D eigenvalue weighted by atomic mass is 16.2. The van der Waals surface area contributed by atoms with Gasteiger partial charge in [-0.25, -0.2) is 0 Å². The molecule has 3 aromatic rings. The number of nitrogens with zero attached hydrogens (tertiary/aromatic N) is 3. The van der Waals surface area contributed by atoms with Gasteiger partial charge in [-0.3, -0.25) is 19.6 Å². The molecule has 0 spiro atoms. The molecule has 1 N–H and O–H groups in total. The second kappa shape index (κ2) is 8.37. The number of rotatable bonds is 7. The average Bonchev–Trinajstić information content (AvgIpc) is 3.34. The Labute approximate surface area is 175 Å². The lowest BCUT2D eigenvalue weighted by Gasteiger charge is -2.22. The monoisotopic (exact) mass is 400 g/mol. The molecular weight excluding hydrogens is 376 g/mol. The van der Waals surface area contributed by atoms with Gasteiger partial charge in [0.15, 0.2) is 0 Å². The number of aromatic amines is 1. The van der Waals surface area contributed by atoms with Crippen molar-refractivity contribution in [3.05, 3.63) is 84.1 Å². The minimum Gasteiger partial charge on any atom is -0.344 e. The summed E-state index contributed by atoms with van der Waals surface area (Å²) in [5, 5.41) is 7.43. The van der Waals surface area contributed by atoms with Crippen LogP contribution in [0.5, 0.6) is 0 Å². The highest BCUT2D eigenvalue weighted by molar-refractivity contribution is 6.10. The second-order valence-corrected chi connectivity index (χ2v) is 7.45. The normalized spacial score (nSPS) is 12.9. The Balaban J connectivity index is 1.28. The number of amides is 2. The predicted octanol–water partition coefficient (Wildman–Crippen LogP) is 3.59. The summed E-state index contributed by atoms with van der Waals surface area (Å²) < 4.78 is 0. The Hall–Kier alpha value is -3.67. The first kappa shape index (κ1) is 19.6. The van der Waals surface area contributed by atoms with Crippen LogP contribution in [-0.2, 0) is 11.2 Å². The maximum absolute atomic E-state index is 12.6. The zero-order valence-corrected chi connectivity index (χ0v) is 17.0. The lowest BCUT2D eigenvalue weighted by Crippen LogP contribution is -2.38. The van der Waals surface area contributed by atoms with Crippen molar-refractivity contribution < 1.29 is 9.59 Å². The summed E-state index contributed by atoms with van der Waals surface area (Å²) in [5.41, 5.74) is 5.01. The number of fused-ring (bicyclic) bond motifs is 1. The zero-order valence-electron chi connectivity index (χ0n) is 17.0. The molecule has 1 aliphatic heterocycles. The van der Waals surface area contributed by atoms with Crippen LogP contribution >= 0.6 is 0 Å². The lowest BCUT2D eigenvalue weighted by molar-refractivity contribution is -0.130. The molecule has 0 aliphatic carbocycles. The van der Waals surface area contributed by atoms with Crippen molar-refractivity contribution in [1.29, 1.82) is 0 Å². The Bertz CT molecular complexity index is 1050. The van der Waals surface area contributed by atoms with E-state index in [1.54, 1.807) is 18.0 Å². The number of aryl methyl sites for hydroxylation is 1. The topological polar surface area (TPSA) is 69.3 Å². The van der Waals surface area contributed by atoms with E-state index in [-0.39, 0.29) is 18.4 Å². The van der Waals surface area contributed by atoms with Crippen LogP contribution in [0.25, 0.3) is 17.0 Å². The first-order valence-corrected chi connectivity index (χ1v) is 9.98. The van der Waals surface area contributed by atoms with Crippen LogP contribution in [0.15, 0.2) is 67.2 Å². The molecule has 30 heavy (non-hydrogen) atoms. The number of aromatic nitrogens is 2. The fraction of sp³-hybridized carbons (Fsp3) is 0.208. The molecule has 0 fully saturated rings. The quantitative estimate of drug-likeness (QED) is 0.659. The number of hydrogen-bond acceptors (Lipinski definition) is 3. The summed E-state index contributed by atoms with van der Waals surface area (Å²) >= 11 is 0. The van der Waals surface area contributed by atoms with E-state index in [9.17, 15) is 9.59 Å². The molecule has 0 saturated heterocycles. The van der Waals surface area contributed by atoms with E-state index >= 15 is 0 Å². The third-order valence-corrected chi connectivity index (χ3v) is 5.40. The van der Waals surface area contributed by atoms with Crippen LogP contribution in [0.2, 0.25) is 0 Å². The van der Waals surface area contributed by atoms with Crippen LogP contribution in [0.1, 0.15) is 28.0 Å². The van der Waals surface area contributed by atoms with E-state index in [1.165, 1.54) is 4.90 Å². The molecule has 2 aromatic carbocycles. The summed E-state index contributed by atoms with van der Waals surface area (Å²) in [5.74, 6) is -0.268. The summed E-state index contributed by atoms with van der Waals surface area (Å²) in [4.78, 5) is 28.3. The van der Waals surface area contributed by atoms with E-state index in [1.807, 2.05) is 54.6 Å². The SMILES string of the molecule is C=C1c2ccccc2C(=O)N1CC(=O)N(C)CCCc1cc(-c2ccccc2)n[nH]1. The van der Waals surface area contributed by atoms with Gasteiger partial charge in [-0.1, -0.05) is 55.1 Å². The molecule has 1 aliphatic rings. The van der Waals surface area contributed by atoms with E-state index in [2.05, 4.69) is 16.8 Å². The van der Waals surface area contributed by atoms with Crippen molar-refractivity contribution in [2.24, 2.45) is 0 Å². The number of nitrogens with one attached hydrogen (secondary N) is 1. The third kappa shape index (κ3) is 3.89. The fourth-order valence-electron chi connectivity index (χ4n) is 3.64. The fourth-order valence-corrected chi connectivity index (χ4v) is 3.64. The number of carbonyl (C=O) groups excluding carboxylic acids is 2. The molecule has 0 radical (unpaired) electrons. The lowest BCUT2D eigenvalue weighted by atomic mass is 10.1. The molecule has 1 aromatic heterocycles. The first-order chi connectivity index (χ1) is 14.5. The second-order valence-electron chi connectivity index (χ2n) is 7.45. The van der Waals surface area contributed by atoms with E-state index in [0.717, 1.165) is 35.4 Å². The van der Waals surface area contributed by atoms with Crippen LogP contribution in [-0.4, -0.2) is 51.9 Å². The number of hydrogen-bond donors (Lipinski definition) is 1. The maximum atomic E-state index is 12.6. The molecule has 0 atom stereocenters. The Morgan fingerprint density at radius 2 is 1.80 bits per heavy atom. The largest absolute Gasteiger partial charge is 0.344 e. The molecule has 0 unspecified atom stereocenters. The molecule has 4 rings (SSSR count). The summed E-state index contributed by atoms with van der Waals surface area (Å²) in [7, 11) is 1.77. The van der Waals surface area contributed by atoms with Crippen molar-refractivity contribution in [2.45, 2.75) is 12.8 Å². The Kier molecular flexibility index (Phi) is 5.48. The molecule has 2 heterocycles. The minimum absolute atomic E-state index is 0.00502. The molecule has 2 amide bonds. The van der Waals surface area contributed by atoms with Gasteiger partial charge in [0, 0.05) is 41.7 Å². The Morgan fingerprint density at radius 3 is 2.53 bits per heavy atom. The van der Waals surface area contributed by atoms with Crippen molar-refractivity contribution in [3.8, 4) is 11.3 Å². The average molecular weight is 400 g/mol. The summed E-state index contributed by atoms with van der Waals surface area (Å²) in [6.07, 6.45) is 1.59. The van der Waals surface area contributed by atoms with Crippen LogP contribution in [0, 0.1) is 0 Å². The van der Waals surface area contributed by atoms with Crippen LogP contribution in [0.3, 0.4) is 0 Å². The third-order valence-electron chi connectivity index (χ3n) is 5.40. The van der Waals surface area contributed by atoms with Gasteiger partial charge < -0.3 is 4.90 Å². The van der Waals surface area contributed by atoms with Gasteiger partial charge in [0.05, 0.1) is 5.69 Å². The van der Waals surface area contributed by atoms with Crippen molar-refractivity contribution >= 4 is 17.5 Å². The molecule has 6 nitrogen and oxygen atoms in total. The molecular formula is C24H24N4O2. The first-order valence-electron chi connectivity index (χ1n) is 9.98. The van der Waals surface area contributed by atoms with Gasteiger partial charge in [0.25, 0.3) is 5.91 Å². The zero-order chi connectivity index (χ0) is 21.1. The number of benzene rings is 2. The van der Waals surface area contributed by atoms with Crippen molar-refractivity contribution in [2.75, 3.05) is 20.1 Å². The molecule has 6 heteroatoms. The van der Waals surface area contributed by atoms with E-state index in [0.29, 0.717) is 17.8 Å². The van der Waals surface area contributed by atoms with E-state index in [4.69, 9.17) is 0 Å². The van der Waals surface area contributed by atoms with Crippen molar-refractivity contribution in [1.82, 2.24) is 20.0 Å². The smallest absolute Gasteiger partial charge is 0.259 e. The van der Waals surface area contributed by atoms with Gasteiger partial charge >= 0.3 is 0 Å². The van der Waals surface area contributed by atoms with E-state index < -0.39 is 0 Å². The highest BCUT2D eigenvalue weighted by Crippen LogP contribution is 2.30. The van der Waals surface area contributed by atoms with Gasteiger partial charge in [0.1, 0.15) is 6.54 Å². The molecule has 0 bridgehead atoms. The van der Waals surface area contributed by atoms with Gasteiger partial charge in [0.2, 0.25) is 5.91 Å². The van der Waals surface area contributed by atoms with Gasteiger partial charge in [-0.15, -0.1) is 0 Å². The minimum atomic E-state index is -0.164. The number of H-pyrrole nitrogens is 1. The van der Waals surface area contributed by atoms with Gasteiger partial charge in [-0.05, 0) is 25.0 Å². The van der Waals surface area contributed by atoms with Crippen molar-refractivity contribution in [3.63, 3.8) is 0 Å². The molecule has 152 valence electrons. The van der Waals surface area contributed by atoms with Gasteiger partial charge in [-0.2, -0.15) is 5.10 Å². The summed E-state index contributed by atoms with van der Waals surface area (Å²) in [6, 6.07) is 19.4. The Morgan fingerprint density at radius 1 is 1.10 bits per heavy atom. The maximum Gasteiger partial charge on any atom is 0.259 e. The van der Waals surface area contributed by atoms with Crippen LogP contribution < -0.4 is 0 Å².